The van der Waals surface area contributed by atoms with Crippen molar-refractivity contribution >= 4 is 27.5 Å². The van der Waals surface area contributed by atoms with Crippen molar-refractivity contribution in [1.29, 1.82) is 0 Å². The van der Waals surface area contributed by atoms with Crippen LogP contribution in [0.15, 0.2) is 0 Å². The van der Waals surface area contributed by atoms with E-state index in [-0.39, 0.29) is 5.91 Å². The lowest BCUT2D eigenvalue weighted by Gasteiger charge is -2.26. The number of piperidine rings is 1. The normalized spacial score (nSPS) is 18.4. The number of carbonyl (C=O) groups excluding carboxylic acids is 1. The van der Waals surface area contributed by atoms with Gasteiger partial charge in [-0.2, -0.15) is 0 Å². The molecule has 6 heteroatoms. The molecule has 5 nitrogen and oxygen atoms in total. The van der Waals surface area contributed by atoms with Crippen LogP contribution in [-0.4, -0.2) is 47.0 Å². The first kappa shape index (κ1) is 17.9. The average Bonchev–Trinajstić information content (AvgIpc) is 3.43. The molecule has 0 bridgehead atoms. The zero-order chi connectivity index (χ0) is 18.1. The maximum Gasteiger partial charge on any atom is 0.261 e. The van der Waals surface area contributed by atoms with E-state index in [4.69, 9.17) is 4.98 Å². The summed E-state index contributed by atoms with van der Waals surface area (Å²) in [4.78, 5) is 26.4. The van der Waals surface area contributed by atoms with Crippen LogP contribution in [-0.2, 0) is 0 Å². The molecule has 0 spiro atoms. The van der Waals surface area contributed by atoms with Gasteiger partial charge >= 0.3 is 0 Å². The van der Waals surface area contributed by atoms with Gasteiger partial charge in [0.1, 0.15) is 10.7 Å². The van der Waals surface area contributed by atoms with Gasteiger partial charge < -0.3 is 10.2 Å². The molecule has 1 saturated heterocycles. The highest BCUT2D eigenvalue weighted by atomic mass is 32.1. The van der Waals surface area contributed by atoms with Gasteiger partial charge in [0.15, 0.2) is 0 Å². The van der Waals surface area contributed by atoms with Gasteiger partial charge in [-0.05, 0) is 71.1 Å². The van der Waals surface area contributed by atoms with Crippen LogP contribution in [0.3, 0.4) is 0 Å². The Morgan fingerprint density at radius 3 is 2.69 bits per heavy atom. The fourth-order valence-electron chi connectivity index (χ4n) is 3.87. The van der Waals surface area contributed by atoms with Crippen molar-refractivity contribution in [1.82, 2.24) is 20.2 Å². The van der Waals surface area contributed by atoms with E-state index in [1.54, 1.807) is 0 Å². The predicted molar refractivity (Wildman–Crippen MR) is 106 cm³/mol. The lowest BCUT2D eigenvalue weighted by molar-refractivity contribution is 0.0954. The SMILES string of the molecule is Cc1nc(C2CC2)nc2sc(C(=O)NCCCN3CCCCC3)c(C)c12. The number of hydrogen-bond donors (Lipinski definition) is 1. The first-order chi connectivity index (χ1) is 12.6. The van der Waals surface area contributed by atoms with E-state index < -0.39 is 0 Å². The van der Waals surface area contributed by atoms with Crippen molar-refractivity contribution in [2.45, 2.75) is 58.3 Å². The minimum absolute atomic E-state index is 0.0384. The highest BCUT2D eigenvalue weighted by Crippen LogP contribution is 2.40. The molecule has 1 aliphatic heterocycles. The first-order valence-electron chi connectivity index (χ1n) is 9.91. The van der Waals surface area contributed by atoms with Crippen molar-refractivity contribution in [3.63, 3.8) is 0 Å². The third-order valence-electron chi connectivity index (χ3n) is 5.52. The van der Waals surface area contributed by atoms with Crippen LogP contribution in [0.25, 0.3) is 10.2 Å². The highest BCUT2D eigenvalue weighted by Gasteiger charge is 2.28. The van der Waals surface area contributed by atoms with E-state index >= 15 is 0 Å². The van der Waals surface area contributed by atoms with Gasteiger partial charge in [-0.3, -0.25) is 4.79 Å². The fraction of sp³-hybridized carbons (Fsp3) is 0.650. The summed E-state index contributed by atoms with van der Waals surface area (Å²) in [7, 11) is 0. The molecule has 4 rings (SSSR count). The molecular weight excluding hydrogens is 344 g/mol. The molecule has 3 heterocycles. The second kappa shape index (κ2) is 7.61. The number of aryl methyl sites for hydroxylation is 2. The largest absolute Gasteiger partial charge is 0.351 e. The number of rotatable bonds is 6. The van der Waals surface area contributed by atoms with Crippen molar-refractivity contribution in [3.05, 3.63) is 22.0 Å². The van der Waals surface area contributed by atoms with Gasteiger partial charge in [0.25, 0.3) is 5.91 Å². The number of hydrogen-bond acceptors (Lipinski definition) is 5. The summed E-state index contributed by atoms with van der Waals surface area (Å²) in [6.45, 7) is 8.31. The summed E-state index contributed by atoms with van der Waals surface area (Å²) < 4.78 is 0. The zero-order valence-corrected chi connectivity index (χ0v) is 16.6. The van der Waals surface area contributed by atoms with Crippen molar-refractivity contribution < 1.29 is 4.79 Å². The zero-order valence-electron chi connectivity index (χ0n) is 15.8. The quantitative estimate of drug-likeness (QED) is 0.784. The van der Waals surface area contributed by atoms with Crippen LogP contribution in [0.4, 0.5) is 0 Å². The van der Waals surface area contributed by atoms with Crippen LogP contribution in [0.5, 0.6) is 0 Å². The molecule has 0 unspecified atom stereocenters. The summed E-state index contributed by atoms with van der Waals surface area (Å²) in [6.07, 6.45) is 7.40. The second-order valence-corrected chi connectivity index (χ2v) is 8.69. The summed E-state index contributed by atoms with van der Waals surface area (Å²) in [6, 6.07) is 0. The molecule has 26 heavy (non-hydrogen) atoms. The van der Waals surface area contributed by atoms with Crippen molar-refractivity contribution in [2.24, 2.45) is 0 Å². The third kappa shape index (κ3) is 3.76. The van der Waals surface area contributed by atoms with E-state index in [0.717, 1.165) is 51.7 Å². The molecule has 2 aromatic rings. The first-order valence-corrected chi connectivity index (χ1v) is 10.7. The van der Waals surface area contributed by atoms with Crippen LogP contribution in [0.2, 0.25) is 0 Å². The summed E-state index contributed by atoms with van der Waals surface area (Å²) in [5.74, 6) is 1.54. The molecule has 1 aliphatic carbocycles. The number of thiophene rings is 1. The van der Waals surface area contributed by atoms with Gasteiger partial charge in [-0.25, -0.2) is 9.97 Å². The molecule has 2 aliphatic rings. The van der Waals surface area contributed by atoms with Crippen LogP contribution < -0.4 is 5.32 Å². The number of fused-ring (bicyclic) bond motifs is 1. The molecule has 1 N–H and O–H groups in total. The fourth-order valence-corrected chi connectivity index (χ4v) is 5.02. The Morgan fingerprint density at radius 2 is 1.96 bits per heavy atom. The minimum atomic E-state index is 0.0384. The Bertz CT molecular complexity index is 806. The molecule has 2 fully saturated rings. The van der Waals surface area contributed by atoms with Gasteiger partial charge in [-0.1, -0.05) is 6.42 Å². The van der Waals surface area contributed by atoms with Gasteiger partial charge in [-0.15, -0.1) is 11.3 Å². The number of likely N-dealkylation sites (tertiary alicyclic amines) is 1. The molecular formula is C20H28N4OS. The van der Waals surface area contributed by atoms with E-state index in [0.29, 0.717) is 5.92 Å². The minimum Gasteiger partial charge on any atom is -0.351 e. The number of amides is 1. The predicted octanol–water partition coefficient (Wildman–Crippen LogP) is 3.79. The van der Waals surface area contributed by atoms with Gasteiger partial charge in [0.05, 0.1) is 10.6 Å². The molecule has 140 valence electrons. The van der Waals surface area contributed by atoms with Crippen LogP contribution in [0, 0.1) is 13.8 Å². The molecule has 0 aromatic carbocycles. The Kier molecular flexibility index (Phi) is 5.23. The molecule has 0 radical (unpaired) electrons. The Balaban J connectivity index is 1.39. The maximum atomic E-state index is 12.7. The number of carbonyl (C=O) groups is 1. The number of nitrogens with zero attached hydrogens (tertiary/aromatic N) is 3. The summed E-state index contributed by atoms with van der Waals surface area (Å²) >= 11 is 1.52. The van der Waals surface area contributed by atoms with Crippen LogP contribution in [0.1, 0.15) is 71.2 Å². The molecule has 0 atom stereocenters. The average molecular weight is 373 g/mol. The van der Waals surface area contributed by atoms with Gasteiger partial charge in [0, 0.05) is 17.8 Å². The lowest BCUT2D eigenvalue weighted by atomic mass is 10.1. The van der Waals surface area contributed by atoms with E-state index in [2.05, 4.69) is 15.2 Å². The van der Waals surface area contributed by atoms with Crippen LogP contribution >= 0.6 is 11.3 Å². The van der Waals surface area contributed by atoms with E-state index in [1.807, 2.05) is 13.8 Å². The summed E-state index contributed by atoms with van der Waals surface area (Å²) in [5.41, 5.74) is 2.04. The number of nitrogens with one attached hydrogen (secondary N) is 1. The molecule has 2 aromatic heterocycles. The molecule has 1 amide bonds. The van der Waals surface area contributed by atoms with Gasteiger partial charge in [0.2, 0.25) is 0 Å². The highest BCUT2D eigenvalue weighted by molar-refractivity contribution is 7.20. The third-order valence-corrected chi connectivity index (χ3v) is 6.71. The lowest BCUT2D eigenvalue weighted by Crippen LogP contribution is -2.33. The summed E-state index contributed by atoms with van der Waals surface area (Å²) in [5, 5.41) is 4.17. The monoisotopic (exact) mass is 372 g/mol. The topological polar surface area (TPSA) is 58.1 Å². The Morgan fingerprint density at radius 1 is 1.19 bits per heavy atom. The Hall–Kier alpha value is -1.53. The maximum absolute atomic E-state index is 12.7. The Labute approximate surface area is 159 Å². The number of aromatic nitrogens is 2. The van der Waals surface area contributed by atoms with Crippen molar-refractivity contribution in [3.8, 4) is 0 Å². The van der Waals surface area contributed by atoms with E-state index in [1.165, 1.54) is 56.5 Å². The smallest absolute Gasteiger partial charge is 0.261 e. The second-order valence-electron chi connectivity index (χ2n) is 7.69. The molecule has 1 saturated carbocycles. The standard InChI is InChI=1S/C20H28N4OS/c1-13-16-14(2)22-18(15-7-8-15)23-20(16)26-17(13)19(25)21-9-6-12-24-10-4-3-5-11-24/h15H,3-12H2,1-2H3,(H,21,25). The van der Waals surface area contributed by atoms with E-state index in [9.17, 15) is 4.79 Å². The van der Waals surface area contributed by atoms with Crippen molar-refractivity contribution in [2.75, 3.05) is 26.2 Å².